The lowest BCUT2D eigenvalue weighted by Crippen LogP contribution is -2.35. The van der Waals surface area contributed by atoms with E-state index in [1.165, 1.54) is 71.5 Å². The van der Waals surface area contributed by atoms with Crippen molar-refractivity contribution in [3.63, 3.8) is 0 Å². The monoisotopic (exact) mass is 271 g/mol. The summed E-state index contributed by atoms with van der Waals surface area (Å²) in [5, 5.41) is 3.55. The van der Waals surface area contributed by atoms with Crippen LogP contribution in [0, 0.1) is 0 Å². The van der Waals surface area contributed by atoms with E-state index in [1.807, 2.05) is 0 Å². The van der Waals surface area contributed by atoms with E-state index in [0.717, 1.165) is 6.54 Å². The van der Waals surface area contributed by atoms with E-state index in [0.29, 0.717) is 0 Å². The van der Waals surface area contributed by atoms with Crippen LogP contribution in [0.5, 0.6) is 0 Å². The van der Waals surface area contributed by atoms with Crippen LogP contribution >= 0.6 is 0 Å². The van der Waals surface area contributed by atoms with Gasteiger partial charge in [0.25, 0.3) is 0 Å². The molecule has 0 aromatic rings. The second-order valence-corrected chi connectivity index (χ2v) is 5.27. The fraction of sp³-hybridized carbons (Fsp3) is 1.00. The van der Waals surface area contributed by atoms with Gasteiger partial charge in [-0.15, -0.1) is 0 Å². The van der Waals surface area contributed by atoms with Gasteiger partial charge in [-0.05, 0) is 52.1 Å². The smallest absolute Gasteiger partial charge is 0.0107 e. The Balaban J connectivity index is 3.49. The highest BCUT2D eigenvalue weighted by Crippen LogP contribution is 1.95. The van der Waals surface area contributed by atoms with Crippen molar-refractivity contribution in [2.24, 2.45) is 0 Å². The average molecular weight is 271 g/mol. The molecular weight excluding hydrogens is 234 g/mol. The normalized spacial score (nSPS) is 11.7. The fourth-order valence-corrected chi connectivity index (χ4v) is 2.35. The molecular formula is C16H37N3. The third-order valence-electron chi connectivity index (χ3n) is 3.85. The molecule has 0 atom stereocenters. The SMILES string of the molecule is CCCCCNCCN(CC)CCCN(CC)CC. The summed E-state index contributed by atoms with van der Waals surface area (Å²) in [5.41, 5.74) is 0. The maximum absolute atomic E-state index is 3.55. The molecule has 0 heterocycles. The van der Waals surface area contributed by atoms with Crippen molar-refractivity contribution in [2.75, 3.05) is 52.4 Å². The van der Waals surface area contributed by atoms with E-state index in [-0.39, 0.29) is 0 Å². The van der Waals surface area contributed by atoms with Crippen molar-refractivity contribution in [3.8, 4) is 0 Å². The predicted molar refractivity (Wildman–Crippen MR) is 86.9 cm³/mol. The van der Waals surface area contributed by atoms with E-state index in [4.69, 9.17) is 0 Å². The molecule has 3 heteroatoms. The van der Waals surface area contributed by atoms with E-state index >= 15 is 0 Å². The van der Waals surface area contributed by atoms with E-state index < -0.39 is 0 Å². The summed E-state index contributed by atoms with van der Waals surface area (Å²) in [6.07, 6.45) is 5.29. The summed E-state index contributed by atoms with van der Waals surface area (Å²) in [7, 11) is 0. The van der Waals surface area contributed by atoms with Crippen molar-refractivity contribution in [2.45, 2.75) is 53.4 Å². The Morgan fingerprint density at radius 1 is 0.632 bits per heavy atom. The molecule has 0 unspecified atom stereocenters. The summed E-state index contributed by atoms with van der Waals surface area (Å²) < 4.78 is 0. The molecule has 0 aliphatic carbocycles. The third-order valence-corrected chi connectivity index (χ3v) is 3.85. The topological polar surface area (TPSA) is 18.5 Å². The number of rotatable bonds is 14. The Morgan fingerprint density at radius 3 is 1.84 bits per heavy atom. The first-order chi connectivity index (χ1) is 9.28. The lowest BCUT2D eigenvalue weighted by Gasteiger charge is -2.23. The number of likely N-dealkylation sites (N-methyl/N-ethyl adjacent to an activating group) is 1. The Morgan fingerprint density at radius 2 is 1.26 bits per heavy atom. The van der Waals surface area contributed by atoms with E-state index in [9.17, 15) is 0 Å². The van der Waals surface area contributed by atoms with Crippen molar-refractivity contribution >= 4 is 0 Å². The minimum atomic E-state index is 1.14. The highest BCUT2D eigenvalue weighted by atomic mass is 15.1. The first-order valence-corrected chi connectivity index (χ1v) is 8.43. The van der Waals surface area contributed by atoms with Crippen LogP contribution in [-0.4, -0.2) is 62.2 Å². The van der Waals surface area contributed by atoms with Crippen molar-refractivity contribution in [1.82, 2.24) is 15.1 Å². The molecule has 0 rings (SSSR count). The fourth-order valence-electron chi connectivity index (χ4n) is 2.35. The first kappa shape index (κ1) is 18.9. The predicted octanol–water partition coefficient (Wildman–Crippen LogP) is 2.82. The molecule has 3 nitrogen and oxygen atoms in total. The molecule has 116 valence electrons. The van der Waals surface area contributed by atoms with Gasteiger partial charge in [0.2, 0.25) is 0 Å². The maximum atomic E-state index is 3.55. The highest BCUT2D eigenvalue weighted by Gasteiger charge is 2.03. The molecule has 0 saturated heterocycles. The Bertz CT molecular complexity index is 169. The van der Waals surface area contributed by atoms with Crippen LogP contribution in [-0.2, 0) is 0 Å². The van der Waals surface area contributed by atoms with Gasteiger partial charge in [-0.3, -0.25) is 0 Å². The number of unbranched alkanes of at least 4 members (excludes halogenated alkanes) is 2. The zero-order valence-electron chi connectivity index (χ0n) is 13.9. The van der Waals surface area contributed by atoms with Gasteiger partial charge in [-0.2, -0.15) is 0 Å². The first-order valence-electron chi connectivity index (χ1n) is 8.43. The van der Waals surface area contributed by atoms with Gasteiger partial charge in [0.05, 0.1) is 0 Å². The molecule has 0 spiro atoms. The Labute approximate surface area is 121 Å². The van der Waals surface area contributed by atoms with Crippen LogP contribution in [0.15, 0.2) is 0 Å². The molecule has 19 heavy (non-hydrogen) atoms. The molecule has 0 fully saturated rings. The average Bonchev–Trinajstić information content (AvgIpc) is 2.45. The van der Waals surface area contributed by atoms with Gasteiger partial charge in [0.15, 0.2) is 0 Å². The molecule has 0 aromatic heterocycles. The Hall–Kier alpha value is -0.120. The van der Waals surface area contributed by atoms with E-state index in [2.05, 4.69) is 42.8 Å². The molecule has 0 bridgehead atoms. The van der Waals surface area contributed by atoms with Crippen molar-refractivity contribution in [1.29, 1.82) is 0 Å². The van der Waals surface area contributed by atoms with Gasteiger partial charge >= 0.3 is 0 Å². The highest BCUT2D eigenvalue weighted by molar-refractivity contribution is 4.61. The zero-order valence-corrected chi connectivity index (χ0v) is 13.9. The number of hydrogen-bond donors (Lipinski definition) is 1. The second kappa shape index (κ2) is 14.3. The minimum absolute atomic E-state index is 1.14. The van der Waals surface area contributed by atoms with Crippen LogP contribution in [0.3, 0.4) is 0 Å². The van der Waals surface area contributed by atoms with Crippen LogP contribution in [0.1, 0.15) is 53.4 Å². The van der Waals surface area contributed by atoms with E-state index in [1.54, 1.807) is 0 Å². The molecule has 0 amide bonds. The molecule has 0 aliphatic heterocycles. The van der Waals surface area contributed by atoms with Gasteiger partial charge < -0.3 is 15.1 Å². The van der Waals surface area contributed by atoms with Crippen LogP contribution < -0.4 is 5.32 Å². The van der Waals surface area contributed by atoms with Gasteiger partial charge in [0, 0.05) is 13.1 Å². The van der Waals surface area contributed by atoms with Gasteiger partial charge in [-0.25, -0.2) is 0 Å². The largest absolute Gasteiger partial charge is 0.315 e. The van der Waals surface area contributed by atoms with Crippen LogP contribution in [0.25, 0.3) is 0 Å². The summed E-state index contributed by atoms with van der Waals surface area (Å²) in [6.45, 7) is 18.6. The number of hydrogen-bond acceptors (Lipinski definition) is 3. The maximum Gasteiger partial charge on any atom is 0.0107 e. The quantitative estimate of drug-likeness (QED) is 0.490. The zero-order chi connectivity index (χ0) is 14.3. The van der Waals surface area contributed by atoms with Crippen molar-refractivity contribution < 1.29 is 0 Å². The summed E-state index contributed by atoms with van der Waals surface area (Å²) in [6, 6.07) is 0. The third kappa shape index (κ3) is 11.4. The lowest BCUT2D eigenvalue weighted by molar-refractivity contribution is 0.243. The lowest BCUT2D eigenvalue weighted by atomic mass is 10.2. The molecule has 0 aliphatic rings. The standard InChI is InChI=1S/C16H37N3/c1-5-9-10-12-17-13-16-19(8-4)15-11-14-18(6-2)7-3/h17H,5-16H2,1-4H3. The number of nitrogens with zero attached hydrogens (tertiary/aromatic N) is 2. The number of nitrogens with one attached hydrogen (secondary N) is 1. The molecule has 0 saturated carbocycles. The second-order valence-electron chi connectivity index (χ2n) is 5.27. The van der Waals surface area contributed by atoms with Crippen LogP contribution in [0.4, 0.5) is 0 Å². The van der Waals surface area contributed by atoms with Gasteiger partial charge in [-0.1, -0.05) is 40.5 Å². The summed E-state index contributed by atoms with van der Waals surface area (Å²) in [5.74, 6) is 0. The molecule has 0 radical (unpaired) electrons. The van der Waals surface area contributed by atoms with Crippen molar-refractivity contribution in [3.05, 3.63) is 0 Å². The van der Waals surface area contributed by atoms with Gasteiger partial charge in [0.1, 0.15) is 0 Å². The van der Waals surface area contributed by atoms with Crippen LogP contribution in [0.2, 0.25) is 0 Å². The summed E-state index contributed by atoms with van der Waals surface area (Å²) >= 11 is 0. The minimum Gasteiger partial charge on any atom is -0.315 e. The Kier molecular flexibility index (Phi) is 14.2. The molecule has 0 aromatic carbocycles. The molecule has 1 N–H and O–H groups in total. The summed E-state index contributed by atoms with van der Waals surface area (Å²) in [4.78, 5) is 5.08.